The number of benzene rings is 2. The summed E-state index contributed by atoms with van der Waals surface area (Å²) in [7, 11) is 0. The molecule has 0 saturated heterocycles. The standard InChI is InChI=1S/C21H26N2O2/c1-13(2)16-10-6-7-12-18(16)22-20(24)21(25)23-19-15(5)9-8-11-17(19)14(3)4/h6-14H,1-5H3,(H,22,24)(H,23,25). The molecule has 2 aromatic rings. The second kappa shape index (κ2) is 7.97. The lowest BCUT2D eigenvalue weighted by Gasteiger charge is -2.17. The van der Waals surface area contributed by atoms with Crippen LogP contribution >= 0.6 is 0 Å². The number of nitrogens with one attached hydrogen (secondary N) is 2. The largest absolute Gasteiger partial charge is 0.318 e. The first-order valence-corrected chi connectivity index (χ1v) is 8.62. The maximum Gasteiger partial charge on any atom is 0.314 e. The highest BCUT2D eigenvalue weighted by molar-refractivity contribution is 6.43. The normalized spacial score (nSPS) is 10.8. The minimum atomic E-state index is -0.661. The smallest absolute Gasteiger partial charge is 0.314 e. The summed E-state index contributed by atoms with van der Waals surface area (Å²) in [5.74, 6) is -0.816. The molecule has 0 atom stereocenters. The summed E-state index contributed by atoms with van der Waals surface area (Å²) in [6, 6.07) is 13.4. The fourth-order valence-corrected chi connectivity index (χ4v) is 2.81. The molecule has 2 rings (SSSR count). The van der Waals surface area contributed by atoms with Crippen LogP contribution in [0.3, 0.4) is 0 Å². The van der Waals surface area contributed by atoms with Gasteiger partial charge in [0.05, 0.1) is 0 Å². The van der Waals surface area contributed by atoms with Crippen LogP contribution in [0.15, 0.2) is 42.5 Å². The van der Waals surface area contributed by atoms with E-state index in [4.69, 9.17) is 0 Å². The minimum absolute atomic E-state index is 0.250. The van der Waals surface area contributed by atoms with E-state index in [1.54, 1.807) is 0 Å². The summed E-state index contributed by atoms with van der Waals surface area (Å²) < 4.78 is 0. The van der Waals surface area contributed by atoms with Gasteiger partial charge in [-0.3, -0.25) is 9.59 Å². The van der Waals surface area contributed by atoms with Gasteiger partial charge in [-0.1, -0.05) is 64.1 Å². The number of amides is 2. The SMILES string of the molecule is Cc1cccc(C(C)C)c1NC(=O)C(=O)Nc1ccccc1C(C)C. The minimum Gasteiger partial charge on any atom is -0.318 e. The molecule has 0 unspecified atom stereocenters. The van der Waals surface area contributed by atoms with E-state index in [9.17, 15) is 9.59 Å². The predicted octanol–water partition coefficient (Wildman–Crippen LogP) is 4.82. The molecule has 0 fully saturated rings. The Hall–Kier alpha value is -2.62. The molecule has 25 heavy (non-hydrogen) atoms. The fraction of sp³-hybridized carbons (Fsp3) is 0.333. The first-order chi connectivity index (χ1) is 11.8. The highest BCUT2D eigenvalue weighted by atomic mass is 16.2. The van der Waals surface area contributed by atoms with Crippen LogP contribution in [0.2, 0.25) is 0 Å². The highest BCUT2D eigenvalue weighted by Crippen LogP contribution is 2.28. The fourth-order valence-electron chi connectivity index (χ4n) is 2.81. The molecule has 2 aromatic carbocycles. The number of carbonyl (C=O) groups is 2. The first kappa shape index (κ1) is 18.7. The Morgan fingerprint density at radius 3 is 1.96 bits per heavy atom. The third-order valence-electron chi connectivity index (χ3n) is 4.20. The Morgan fingerprint density at radius 2 is 1.32 bits per heavy atom. The van der Waals surface area contributed by atoms with Crippen LogP contribution in [-0.4, -0.2) is 11.8 Å². The van der Waals surface area contributed by atoms with Gasteiger partial charge in [0.25, 0.3) is 0 Å². The van der Waals surface area contributed by atoms with Crippen LogP contribution in [0.25, 0.3) is 0 Å². The molecule has 0 aliphatic heterocycles. The molecular formula is C21H26N2O2. The van der Waals surface area contributed by atoms with Gasteiger partial charge in [-0.2, -0.15) is 0 Å². The zero-order chi connectivity index (χ0) is 18.6. The summed E-state index contributed by atoms with van der Waals surface area (Å²) in [5.41, 5.74) is 4.35. The van der Waals surface area contributed by atoms with Crippen molar-refractivity contribution >= 4 is 23.2 Å². The molecule has 2 N–H and O–H groups in total. The van der Waals surface area contributed by atoms with Gasteiger partial charge >= 0.3 is 11.8 Å². The second-order valence-electron chi connectivity index (χ2n) is 6.84. The van der Waals surface area contributed by atoms with Crippen molar-refractivity contribution in [3.05, 3.63) is 59.2 Å². The molecule has 0 aliphatic rings. The number of hydrogen-bond acceptors (Lipinski definition) is 2. The van der Waals surface area contributed by atoms with E-state index in [1.165, 1.54) is 0 Å². The number of aryl methyl sites for hydroxylation is 1. The Kier molecular flexibility index (Phi) is 5.97. The van der Waals surface area contributed by atoms with Crippen molar-refractivity contribution in [2.75, 3.05) is 10.6 Å². The van der Waals surface area contributed by atoms with E-state index < -0.39 is 11.8 Å². The summed E-state index contributed by atoms with van der Waals surface area (Å²) >= 11 is 0. The van der Waals surface area contributed by atoms with Crippen molar-refractivity contribution in [1.29, 1.82) is 0 Å². The van der Waals surface area contributed by atoms with Gasteiger partial charge < -0.3 is 10.6 Å². The van der Waals surface area contributed by atoms with E-state index in [1.807, 2.05) is 63.2 Å². The third kappa shape index (κ3) is 4.47. The monoisotopic (exact) mass is 338 g/mol. The van der Waals surface area contributed by atoms with Crippen molar-refractivity contribution in [2.45, 2.75) is 46.5 Å². The van der Waals surface area contributed by atoms with Gasteiger partial charge in [-0.15, -0.1) is 0 Å². The molecule has 132 valence electrons. The van der Waals surface area contributed by atoms with Crippen molar-refractivity contribution in [1.82, 2.24) is 0 Å². The zero-order valence-corrected chi connectivity index (χ0v) is 15.5. The van der Waals surface area contributed by atoms with Crippen LogP contribution in [0.5, 0.6) is 0 Å². The number of para-hydroxylation sites is 2. The molecule has 0 spiro atoms. The van der Waals surface area contributed by atoms with Crippen molar-refractivity contribution in [3.8, 4) is 0 Å². The van der Waals surface area contributed by atoms with Crippen molar-refractivity contribution in [2.24, 2.45) is 0 Å². The molecule has 2 amide bonds. The second-order valence-corrected chi connectivity index (χ2v) is 6.84. The molecule has 0 saturated carbocycles. The predicted molar refractivity (Wildman–Crippen MR) is 103 cm³/mol. The molecule has 0 bridgehead atoms. The third-order valence-corrected chi connectivity index (χ3v) is 4.20. The molecular weight excluding hydrogens is 312 g/mol. The maximum atomic E-state index is 12.4. The van der Waals surface area contributed by atoms with Crippen LogP contribution in [0.1, 0.15) is 56.2 Å². The maximum absolute atomic E-state index is 12.4. The van der Waals surface area contributed by atoms with Crippen LogP contribution < -0.4 is 10.6 Å². The van der Waals surface area contributed by atoms with Crippen LogP contribution in [-0.2, 0) is 9.59 Å². The highest BCUT2D eigenvalue weighted by Gasteiger charge is 2.19. The number of rotatable bonds is 4. The first-order valence-electron chi connectivity index (χ1n) is 8.62. The zero-order valence-electron chi connectivity index (χ0n) is 15.5. The summed E-state index contributed by atoms with van der Waals surface area (Å²) in [4.78, 5) is 24.8. The molecule has 0 aliphatic carbocycles. The van der Waals surface area contributed by atoms with Gasteiger partial charge in [0, 0.05) is 11.4 Å². The van der Waals surface area contributed by atoms with Gasteiger partial charge in [0.1, 0.15) is 0 Å². The van der Waals surface area contributed by atoms with E-state index >= 15 is 0 Å². The van der Waals surface area contributed by atoms with E-state index in [2.05, 4.69) is 24.5 Å². The lowest BCUT2D eigenvalue weighted by Crippen LogP contribution is -2.30. The molecule has 4 nitrogen and oxygen atoms in total. The molecule has 0 aromatic heterocycles. The molecule has 0 heterocycles. The summed E-state index contributed by atoms with van der Waals surface area (Å²) in [6.07, 6.45) is 0. The van der Waals surface area contributed by atoms with Crippen LogP contribution in [0, 0.1) is 6.92 Å². The number of hydrogen-bond donors (Lipinski definition) is 2. The summed E-state index contributed by atoms with van der Waals surface area (Å²) in [5, 5.41) is 5.51. The topological polar surface area (TPSA) is 58.2 Å². The van der Waals surface area contributed by atoms with Gasteiger partial charge in [0.2, 0.25) is 0 Å². The van der Waals surface area contributed by atoms with Crippen molar-refractivity contribution in [3.63, 3.8) is 0 Å². The van der Waals surface area contributed by atoms with Gasteiger partial charge in [0.15, 0.2) is 0 Å². The average molecular weight is 338 g/mol. The average Bonchev–Trinajstić information content (AvgIpc) is 2.56. The van der Waals surface area contributed by atoms with Crippen molar-refractivity contribution < 1.29 is 9.59 Å². The van der Waals surface area contributed by atoms with E-state index in [0.29, 0.717) is 5.69 Å². The number of anilines is 2. The molecule has 0 radical (unpaired) electrons. The lowest BCUT2D eigenvalue weighted by atomic mass is 9.98. The Bertz CT molecular complexity index is 779. The Labute approximate surface area is 149 Å². The quantitative estimate of drug-likeness (QED) is 0.785. The van der Waals surface area contributed by atoms with Gasteiger partial charge in [-0.05, 0) is 41.5 Å². The van der Waals surface area contributed by atoms with Gasteiger partial charge in [-0.25, -0.2) is 0 Å². The van der Waals surface area contributed by atoms with E-state index in [0.717, 1.165) is 22.4 Å². The lowest BCUT2D eigenvalue weighted by molar-refractivity contribution is -0.133. The van der Waals surface area contributed by atoms with E-state index in [-0.39, 0.29) is 11.8 Å². The Balaban J connectivity index is 2.19. The Morgan fingerprint density at radius 1 is 0.760 bits per heavy atom. The summed E-state index contributed by atoms with van der Waals surface area (Å²) in [6.45, 7) is 10.1. The number of carbonyl (C=O) groups excluding carboxylic acids is 2. The molecule has 4 heteroatoms. The van der Waals surface area contributed by atoms with Crippen LogP contribution in [0.4, 0.5) is 11.4 Å².